The minimum atomic E-state index is -0.844. The number of fused-ring (bicyclic) bond motifs is 2. The van der Waals surface area contributed by atoms with Gasteiger partial charge in [0, 0.05) is 35.6 Å². The summed E-state index contributed by atoms with van der Waals surface area (Å²) >= 11 is 0. The monoisotopic (exact) mass is 579 g/mol. The number of nitrogens with two attached hydrogens (primary N) is 1. The molecule has 220 valence electrons. The zero-order chi connectivity index (χ0) is 29.9. The minimum Gasteiger partial charge on any atom is -0.487 e. The Bertz CT molecular complexity index is 1820. The Morgan fingerprint density at radius 3 is 2.65 bits per heavy atom. The third-order valence-electron chi connectivity index (χ3n) is 7.86. The Morgan fingerprint density at radius 2 is 1.84 bits per heavy atom. The van der Waals surface area contributed by atoms with Gasteiger partial charge in [0.15, 0.2) is 0 Å². The molecule has 2 aromatic heterocycles. The molecule has 0 bridgehead atoms. The Hall–Kier alpha value is -4.96. The number of esters is 1. The van der Waals surface area contributed by atoms with Crippen LogP contribution < -0.4 is 10.5 Å². The van der Waals surface area contributed by atoms with Gasteiger partial charge in [-0.25, -0.2) is 4.98 Å². The number of ether oxygens (including phenoxy) is 2. The average molecular weight is 580 g/mol. The second kappa shape index (κ2) is 12.1. The van der Waals surface area contributed by atoms with Crippen molar-refractivity contribution in [1.29, 1.82) is 0 Å². The van der Waals surface area contributed by atoms with Crippen molar-refractivity contribution in [3.05, 3.63) is 84.2 Å². The van der Waals surface area contributed by atoms with Crippen molar-refractivity contribution < 1.29 is 24.2 Å². The highest BCUT2D eigenvalue weighted by atomic mass is 16.5. The van der Waals surface area contributed by atoms with Gasteiger partial charge in [0.1, 0.15) is 18.2 Å². The van der Waals surface area contributed by atoms with Crippen molar-refractivity contribution in [2.75, 3.05) is 32.0 Å². The third-order valence-corrected chi connectivity index (χ3v) is 7.86. The third kappa shape index (κ3) is 6.00. The van der Waals surface area contributed by atoms with Crippen LogP contribution in [-0.4, -0.2) is 63.0 Å². The Morgan fingerprint density at radius 1 is 1.05 bits per heavy atom. The molecule has 1 saturated heterocycles. The van der Waals surface area contributed by atoms with Crippen molar-refractivity contribution in [2.45, 2.75) is 32.4 Å². The van der Waals surface area contributed by atoms with Crippen molar-refractivity contribution in [3.8, 4) is 16.9 Å². The first-order valence-corrected chi connectivity index (χ1v) is 14.4. The van der Waals surface area contributed by atoms with Crippen LogP contribution in [0.4, 0.5) is 5.82 Å². The van der Waals surface area contributed by atoms with E-state index in [-0.39, 0.29) is 31.6 Å². The highest BCUT2D eigenvalue weighted by Gasteiger charge is 2.29. The molecule has 3 aromatic carbocycles. The van der Waals surface area contributed by atoms with E-state index in [9.17, 15) is 14.7 Å². The number of carboxylic acids is 1. The van der Waals surface area contributed by atoms with Crippen molar-refractivity contribution >= 4 is 39.4 Å². The van der Waals surface area contributed by atoms with Gasteiger partial charge in [-0.15, -0.1) is 0 Å². The molecule has 0 saturated carbocycles. The Balaban J connectivity index is 1.38. The number of nitrogens with zero attached hydrogens (tertiary/aromatic N) is 4. The molecule has 0 radical (unpaired) electrons. The summed E-state index contributed by atoms with van der Waals surface area (Å²) in [6.45, 7) is 3.56. The molecule has 43 heavy (non-hydrogen) atoms. The van der Waals surface area contributed by atoms with E-state index >= 15 is 0 Å². The SMILES string of the molecule is CCOC(=O)Cc1ccccc1OCc1c2cc(-c3ccc4ccnc(N)c4c3)ccc2nn1C1CCN(CC(=O)O)C1. The average Bonchev–Trinajstić information content (AvgIpc) is 3.60. The second-order valence-electron chi connectivity index (χ2n) is 10.7. The number of nitrogen functional groups attached to an aromatic ring is 1. The van der Waals surface area contributed by atoms with E-state index in [4.69, 9.17) is 20.3 Å². The molecule has 1 aliphatic rings. The minimum absolute atomic E-state index is 0.00452. The van der Waals surface area contributed by atoms with Gasteiger partial charge in [-0.2, -0.15) is 5.10 Å². The number of benzene rings is 3. The molecule has 1 aliphatic heterocycles. The number of carbonyl (C=O) groups excluding carboxylic acids is 1. The number of carbonyl (C=O) groups is 2. The smallest absolute Gasteiger partial charge is 0.317 e. The summed E-state index contributed by atoms with van der Waals surface area (Å²) in [5, 5.41) is 17.2. The quantitative estimate of drug-likeness (QED) is 0.223. The molecular formula is C33H33N5O5. The lowest BCUT2D eigenvalue weighted by Crippen LogP contribution is -2.28. The predicted molar refractivity (Wildman–Crippen MR) is 164 cm³/mol. The maximum atomic E-state index is 12.2. The van der Waals surface area contributed by atoms with E-state index in [1.54, 1.807) is 13.1 Å². The molecule has 1 atom stereocenters. The maximum absolute atomic E-state index is 12.2. The molecule has 3 heterocycles. The van der Waals surface area contributed by atoms with Gasteiger partial charge in [0.2, 0.25) is 0 Å². The first kappa shape index (κ1) is 28.2. The lowest BCUT2D eigenvalue weighted by atomic mass is 10.00. The van der Waals surface area contributed by atoms with Crippen LogP contribution in [0.15, 0.2) is 72.9 Å². The van der Waals surface area contributed by atoms with Crippen molar-refractivity contribution in [1.82, 2.24) is 19.7 Å². The number of hydrogen-bond acceptors (Lipinski definition) is 8. The molecule has 1 unspecified atom stereocenters. The summed E-state index contributed by atoms with van der Waals surface area (Å²) in [4.78, 5) is 29.8. The van der Waals surface area contributed by atoms with Gasteiger partial charge in [0.25, 0.3) is 0 Å². The standard InChI is InChI=1S/C33H33N5O5/c1-2-42-32(41)17-24-5-3-4-6-30(24)43-20-29-27-16-23(22-8-7-21-11-13-35-33(34)26(21)15-22)9-10-28(27)36-38(29)25-12-14-37(18-25)19-31(39)40/h3-11,13,15-16,25H,2,12,14,17-20H2,1H3,(H2,34,35)(H,39,40). The summed E-state index contributed by atoms with van der Waals surface area (Å²) in [7, 11) is 0. The number of para-hydroxylation sites is 1. The summed E-state index contributed by atoms with van der Waals surface area (Å²) in [6.07, 6.45) is 2.59. The topological polar surface area (TPSA) is 133 Å². The lowest BCUT2D eigenvalue weighted by molar-refractivity contribution is -0.142. The predicted octanol–water partition coefficient (Wildman–Crippen LogP) is 4.85. The molecule has 0 aliphatic carbocycles. The lowest BCUT2D eigenvalue weighted by Gasteiger charge is -2.17. The first-order chi connectivity index (χ1) is 20.9. The van der Waals surface area contributed by atoms with Crippen molar-refractivity contribution in [2.24, 2.45) is 0 Å². The number of anilines is 1. The van der Waals surface area contributed by atoms with Crippen LogP contribution in [0.2, 0.25) is 0 Å². The molecule has 3 N–H and O–H groups in total. The highest BCUT2D eigenvalue weighted by Crippen LogP contribution is 2.33. The van der Waals surface area contributed by atoms with Crippen LogP contribution in [-0.2, 0) is 27.4 Å². The molecule has 5 aromatic rings. The molecular weight excluding hydrogens is 546 g/mol. The zero-order valence-electron chi connectivity index (χ0n) is 23.9. The molecule has 0 amide bonds. The summed E-state index contributed by atoms with van der Waals surface area (Å²) in [5.41, 5.74) is 10.6. The normalized spacial score (nSPS) is 15.2. The fourth-order valence-corrected chi connectivity index (χ4v) is 5.80. The second-order valence-corrected chi connectivity index (χ2v) is 10.7. The van der Waals surface area contributed by atoms with Crippen LogP contribution in [0.1, 0.15) is 30.6 Å². The summed E-state index contributed by atoms with van der Waals surface area (Å²) in [5.74, 6) is -0.0710. The Labute approximate surface area is 248 Å². The number of aromatic nitrogens is 3. The Kier molecular flexibility index (Phi) is 7.93. The summed E-state index contributed by atoms with van der Waals surface area (Å²) in [6, 6.07) is 21.7. The van der Waals surface area contributed by atoms with Gasteiger partial charge >= 0.3 is 11.9 Å². The van der Waals surface area contributed by atoms with E-state index in [2.05, 4.69) is 17.1 Å². The van der Waals surface area contributed by atoms with Crippen LogP contribution in [0.5, 0.6) is 5.75 Å². The number of likely N-dealkylation sites (tertiary alicyclic amines) is 1. The van der Waals surface area contributed by atoms with Gasteiger partial charge < -0.3 is 20.3 Å². The first-order valence-electron chi connectivity index (χ1n) is 14.4. The van der Waals surface area contributed by atoms with Gasteiger partial charge in [-0.05, 0) is 60.2 Å². The highest BCUT2D eigenvalue weighted by molar-refractivity contribution is 5.95. The van der Waals surface area contributed by atoms with E-state index < -0.39 is 5.97 Å². The molecule has 10 heteroatoms. The fraction of sp³-hybridized carbons (Fsp3) is 0.273. The van der Waals surface area contributed by atoms with Crippen LogP contribution >= 0.6 is 0 Å². The van der Waals surface area contributed by atoms with E-state index in [1.807, 2.05) is 64.2 Å². The van der Waals surface area contributed by atoms with Crippen LogP contribution in [0, 0.1) is 0 Å². The molecule has 1 fully saturated rings. The van der Waals surface area contributed by atoms with Gasteiger partial charge in [-0.1, -0.05) is 36.4 Å². The van der Waals surface area contributed by atoms with Gasteiger partial charge in [-0.3, -0.25) is 19.2 Å². The van der Waals surface area contributed by atoms with E-state index in [0.29, 0.717) is 31.3 Å². The number of carboxylic acid groups (broad SMARTS) is 1. The van der Waals surface area contributed by atoms with Crippen LogP contribution in [0.3, 0.4) is 0 Å². The summed E-state index contributed by atoms with van der Waals surface area (Å²) < 4.78 is 13.5. The van der Waals surface area contributed by atoms with E-state index in [0.717, 1.165) is 50.5 Å². The maximum Gasteiger partial charge on any atom is 0.317 e. The molecule has 0 spiro atoms. The largest absolute Gasteiger partial charge is 0.487 e. The fourth-order valence-electron chi connectivity index (χ4n) is 5.80. The number of hydrogen-bond donors (Lipinski definition) is 2. The number of rotatable bonds is 10. The zero-order valence-corrected chi connectivity index (χ0v) is 23.9. The van der Waals surface area contributed by atoms with Crippen molar-refractivity contribution in [3.63, 3.8) is 0 Å². The van der Waals surface area contributed by atoms with E-state index in [1.165, 1.54) is 0 Å². The van der Waals surface area contributed by atoms with Gasteiger partial charge in [0.05, 0.1) is 36.8 Å². The van der Waals surface area contributed by atoms with Crippen LogP contribution in [0.25, 0.3) is 32.8 Å². The number of pyridine rings is 1. The molecule has 6 rings (SSSR count). The number of aliphatic carboxylic acids is 1. The molecule has 10 nitrogen and oxygen atoms in total.